The van der Waals surface area contributed by atoms with E-state index in [9.17, 15) is 23.9 Å². The molecule has 126 valence electrons. The molecule has 0 heterocycles. The number of amides is 2. The summed E-state index contributed by atoms with van der Waals surface area (Å²) in [5.74, 6) is -2.60. The lowest BCUT2D eigenvalue weighted by Crippen LogP contribution is -2.54. The van der Waals surface area contributed by atoms with E-state index < -0.39 is 29.1 Å². The first kappa shape index (κ1) is 18.6. The van der Waals surface area contributed by atoms with Crippen LogP contribution in [0.5, 0.6) is 0 Å². The van der Waals surface area contributed by atoms with Gasteiger partial charge >= 0.3 is 5.97 Å². The zero-order chi connectivity index (χ0) is 17.5. The number of rotatable bonds is 8. The zero-order valence-electron chi connectivity index (χ0n) is 13.2. The number of nitrogens with one attached hydrogen (secondary N) is 2. The molecule has 23 heavy (non-hydrogen) atoms. The standard InChI is InChI=1S/C16H21FN2O4/c1-3-7-16(2,15(22)23)19-14(21)10-18-13(20)9-11-5-4-6-12(17)8-11/h4-6,8H,3,7,9-10H2,1-2H3,(H,18,20)(H,19,21)(H,22,23). The van der Waals surface area contributed by atoms with Gasteiger partial charge in [-0.15, -0.1) is 0 Å². The monoisotopic (exact) mass is 324 g/mol. The summed E-state index contributed by atoms with van der Waals surface area (Å²) < 4.78 is 13.0. The van der Waals surface area contributed by atoms with E-state index in [2.05, 4.69) is 10.6 Å². The fraction of sp³-hybridized carbons (Fsp3) is 0.438. The minimum absolute atomic E-state index is 0.0593. The number of benzene rings is 1. The Morgan fingerprint density at radius 3 is 2.52 bits per heavy atom. The van der Waals surface area contributed by atoms with Gasteiger partial charge in [-0.05, 0) is 31.0 Å². The van der Waals surface area contributed by atoms with Crippen LogP contribution >= 0.6 is 0 Å². The van der Waals surface area contributed by atoms with Gasteiger partial charge in [0.1, 0.15) is 11.4 Å². The summed E-state index contributed by atoms with van der Waals surface area (Å²) in [5, 5.41) is 14.0. The summed E-state index contributed by atoms with van der Waals surface area (Å²) in [6.07, 6.45) is 0.816. The number of carboxylic acid groups (broad SMARTS) is 1. The topological polar surface area (TPSA) is 95.5 Å². The third-order valence-corrected chi connectivity index (χ3v) is 3.34. The Morgan fingerprint density at radius 2 is 1.96 bits per heavy atom. The van der Waals surface area contributed by atoms with Gasteiger partial charge in [0.2, 0.25) is 11.8 Å². The molecule has 7 heteroatoms. The van der Waals surface area contributed by atoms with E-state index in [4.69, 9.17) is 0 Å². The van der Waals surface area contributed by atoms with E-state index in [1.165, 1.54) is 25.1 Å². The van der Waals surface area contributed by atoms with Crippen LogP contribution in [0.1, 0.15) is 32.3 Å². The molecule has 0 saturated heterocycles. The molecular weight excluding hydrogens is 303 g/mol. The van der Waals surface area contributed by atoms with Crippen LogP contribution in [-0.4, -0.2) is 35.0 Å². The normalized spacial score (nSPS) is 13.0. The van der Waals surface area contributed by atoms with Crippen LogP contribution in [0.4, 0.5) is 4.39 Å². The summed E-state index contributed by atoms with van der Waals surface area (Å²) in [4.78, 5) is 34.7. The Bertz CT molecular complexity index is 591. The highest BCUT2D eigenvalue weighted by Gasteiger charge is 2.33. The van der Waals surface area contributed by atoms with Gasteiger partial charge in [0.15, 0.2) is 0 Å². The first-order valence-electron chi connectivity index (χ1n) is 7.32. The number of halogens is 1. The maximum atomic E-state index is 13.0. The lowest BCUT2D eigenvalue weighted by molar-refractivity contribution is -0.147. The minimum Gasteiger partial charge on any atom is -0.480 e. The molecule has 0 bridgehead atoms. The molecule has 3 N–H and O–H groups in total. The maximum Gasteiger partial charge on any atom is 0.329 e. The van der Waals surface area contributed by atoms with Gasteiger partial charge in [0, 0.05) is 0 Å². The Labute approximate surface area is 134 Å². The minimum atomic E-state index is -1.36. The van der Waals surface area contributed by atoms with Gasteiger partial charge in [-0.1, -0.05) is 25.5 Å². The second-order valence-electron chi connectivity index (χ2n) is 5.52. The number of carbonyl (C=O) groups is 3. The van der Waals surface area contributed by atoms with Gasteiger partial charge < -0.3 is 15.7 Å². The summed E-state index contributed by atoms with van der Waals surface area (Å²) in [7, 11) is 0. The van der Waals surface area contributed by atoms with E-state index in [1.807, 2.05) is 6.92 Å². The molecule has 1 unspecified atom stereocenters. The van der Waals surface area contributed by atoms with Crippen molar-refractivity contribution in [1.82, 2.24) is 10.6 Å². The molecule has 0 aliphatic heterocycles. The first-order chi connectivity index (χ1) is 10.8. The van der Waals surface area contributed by atoms with Crippen molar-refractivity contribution in [2.45, 2.75) is 38.6 Å². The fourth-order valence-electron chi connectivity index (χ4n) is 2.15. The Hall–Kier alpha value is -2.44. The van der Waals surface area contributed by atoms with Crippen molar-refractivity contribution in [2.24, 2.45) is 0 Å². The molecule has 2 amide bonds. The predicted octanol–water partition coefficient (Wildman–Crippen LogP) is 1.24. The van der Waals surface area contributed by atoms with Gasteiger partial charge in [0.25, 0.3) is 0 Å². The van der Waals surface area contributed by atoms with Crippen LogP contribution in [0, 0.1) is 5.82 Å². The molecule has 0 saturated carbocycles. The quantitative estimate of drug-likeness (QED) is 0.670. The van der Waals surface area contributed by atoms with E-state index in [-0.39, 0.29) is 19.4 Å². The first-order valence-corrected chi connectivity index (χ1v) is 7.32. The molecule has 0 spiro atoms. The molecule has 0 fully saturated rings. The zero-order valence-corrected chi connectivity index (χ0v) is 13.2. The van der Waals surface area contributed by atoms with E-state index in [1.54, 1.807) is 6.07 Å². The highest BCUT2D eigenvalue weighted by molar-refractivity contribution is 5.90. The largest absolute Gasteiger partial charge is 0.480 e. The third-order valence-electron chi connectivity index (χ3n) is 3.34. The van der Waals surface area contributed by atoms with Crippen LogP contribution in [0.15, 0.2) is 24.3 Å². The van der Waals surface area contributed by atoms with Gasteiger partial charge in [-0.2, -0.15) is 0 Å². The van der Waals surface area contributed by atoms with Crippen LogP contribution < -0.4 is 10.6 Å². The van der Waals surface area contributed by atoms with E-state index in [0.29, 0.717) is 12.0 Å². The number of carboxylic acids is 1. The van der Waals surface area contributed by atoms with Crippen LogP contribution in [0.2, 0.25) is 0 Å². The highest BCUT2D eigenvalue weighted by Crippen LogP contribution is 2.12. The molecule has 1 aromatic carbocycles. The smallest absolute Gasteiger partial charge is 0.329 e. The fourth-order valence-corrected chi connectivity index (χ4v) is 2.15. The SMILES string of the molecule is CCCC(C)(NC(=O)CNC(=O)Cc1cccc(F)c1)C(=O)O. The summed E-state index contributed by atoms with van der Waals surface area (Å²) in [6, 6.07) is 5.61. The Balaban J connectivity index is 2.49. The summed E-state index contributed by atoms with van der Waals surface area (Å²) in [6.45, 7) is 2.90. The third kappa shape index (κ3) is 6.06. The lowest BCUT2D eigenvalue weighted by atomic mass is 9.96. The second-order valence-corrected chi connectivity index (χ2v) is 5.52. The van der Waals surface area contributed by atoms with Crippen molar-refractivity contribution in [2.75, 3.05) is 6.54 Å². The second kappa shape index (κ2) is 8.26. The molecule has 0 aliphatic rings. The molecule has 0 aromatic heterocycles. The molecule has 0 aliphatic carbocycles. The van der Waals surface area contributed by atoms with Gasteiger partial charge in [-0.25, -0.2) is 9.18 Å². The van der Waals surface area contributed by atoms with Crippen molar-refractivity contribution < 1.29 is 23.9 Å². The molecule has 1 rings (SSSR count). The van der Waals surface area contributed by atoms with Crippen LogP contribution in [-0.2, 0) is 20.8 Å². The van der Waals surface area contributed by atoms with Crippen LogP contribution in [0.25, 0.3) is 0 Å². The Morgan fingerprint density at radius 1 is 1.26 bits per heavy atom. The van der Waals surface area contributed by atoms with Crippen molar-refractivity contribution in [3.8, 4) is 0 Å². The lowest BCUT2D eigenvalue weighted by Gasteiger charge is -2.25. The molecule has 0 radical (unpaired) electrons. The predicted molar refractivity (Wildman–Crippen MR) is 82.2 cm³/mol. The van der Waals surface area contributed by atoms with Crippen molar-refractivity contribution in [1.29, 1.82) is 0 Å². The molecule has 1 atom stereocenters. The van der Waals surface area contributed by atoms with Crippen molar-refractivity contribution in [3.63, 3.8) is 0 Å². The Kier molecular flexibility index (Phi) is 6.68. The number of carbonyl (C=O) groups excluding carboxylic acids is 2. The molecular formula is C16H21FN2O4. The summed E-state index contributed by atoms with van der Waals surface area (Å²) >= 11 is 0. The van der Waals surface area contributed by atoms with Crippen molar-refractivity contribution >= 4 is 17.8 Å². The maximum absolute atomic E-state index is 13.0. The average Bonchev–Trinajstić information content (AvgIpc) is 2.45. The van der Waals surface area contributed by atoms with Gasteiger partial charge in [-0.3, -0.25) is 9.59 Å². The number of hydrogen-bond donors (Lipinski definition) is 3. The number of hydrogen-bond acceptors (Lipinski definition) is 3. The van der Waals surface area contributed by atoms with E-state index in [0.717, 1.165) is 0 Å². The highest BCUT2D eigenvalue weighted by atomic mass is 19.1. The van der Waals surface area contributed by atoms with E-state index >= 15 is 0 Å². The van der Waals surface area contributed by atoms with Gasteiger partial charge in [0.05, 0.1) is 13.0 Å². The molecule has 6 nitrogen and oxygen atoms in total. The average molecular weight is 324 g/mol. The number of aliphatic carboxylic acids is 1. The van der Waals surface area contributed by atoms with Crippen molar-refractivity contribution in [3.05, 3.63) is 35.6 Å². The molecule has 1 aromatic rings. The van der Waals surface area contributed by atoms with Crippen LogP contribution in [0.3, 0.4) is 0 Å². The summed E-state index contributed by atoms with van der Waals surface area (Å²) in [5.41, 5.74) is -0.872.